The van der Waals surface area contributed by atoms with Gasteiger partial charge < -0.3 is 19.7 Å². The second kappa shape index (κ2) is 19.0. The van der Waals surface area contributed by atoms with Crippen molar-refractivity contribution in [3.8, 4) is 0 Å². The van der Waals surface area contributed by atoms with E-state index in [4.69, 9.17) is 14.6 Å². The Labute approximate surface area is 213 Å². The topological polar surface area (TPSA) is 127 Å². The molecule has 0 saturated carbocycles. The van der Waals surface area contributed by atoms with Crippen molar-refractivity contribution in [3.63, 3.8) is 0 Å². The summed E-state index contributed by atoms with van der Waals surface area (Å²) < 4.78 is 10.7. The van der Waals surface area contributed by atoms with Crippen LogP contribution < -0.4 is 0 Å². The molecule has 0 fully saturated rings. The van der Waals surface area contributed by atoms with E-state index in [9.17, 15) is 24.3 Å². The molecule has 198 valence electrons. The predicted molar refractivity (Wildman–Crippen MR) is 136 cm³/mol. The summed E-state index contributed by atoms with van der Waals surface area (Å²) in [7, 11) is 0. The molecule has 2 N–H and O–H groups in total. The predicted octanol–water partition coefficient (Wildman–Crippen LogP) is 4.54. The van der Waals surface area contributed by atoms with E-state index in [2.05, 4.69) is 0 Å². The van der Waals surface area contributed by atoms with Crippen molar-refractivity contribution in [2.24, 2.45) is 0 Å². The molecule has 1 rings (SSSR count). The Bertz CT molecular complexity index is 850. The van der Waals surface area contributed by atoms with E-state index in [-0.39, 0.29) is 31.1 Å². The number of carbonyl (C=O) groups is 4. The van der Waals surface area contributed by atoms with Crippen molar-refractivity contribution >= 4 is 23.7 Å². The minimum absolute atomic E-state index is 0.000683. The second-order valence-electron chi connectivity index (χ2n) is 8.58. The summed E-state index contributed by atoms with van der Waals surface area (Å²) in [6.07, 6.45) is 18.9. The van der Waals surface area contributed by atoms with E-state index in [1.165, 1.54) is 6.08 Å². The molecule has 0 aromatic carbocycles. The van der Waals surface area contributed by atoms with Gasteiger partial charge in [-0.1, -0.05) is 48.6 Å². The van der Waals surface area contributed by atoms with Crippen molar-refractivity contribution in [2.75, 3.05) is 0 Å². The summed E-state index contributed by atoms with van der Waals surface area (Å²) in [6.45, 7) is 1.84. The molecule has 0 aromatic heterocycles. The van der Waals surface area contributed by atoms with E-state index in [1.54, 1.807) is 42.5 Å². The highest BCUT2D eigenvalue weighted by atomic mass is 16.5. The molecule has 8 nitrogen and oxygen atoms in total. The first-order valence-corrected chi connectivity index (χ1v) is 12.4. The maximum absolute atomic E-state index is 12.0. The lowest BCUT2D eigenvalue weighted by Gasteiger charge is -2.12. The summed E-state index contributed by atoms with van der Waals surface area (Å²) in [6, 6.07) is 0. The Morgan fingerprint density at radius 1 is 1.00 bits per heavy atom. The molecule has 1 aliphatic rings. The van der Waals surface area contributed by atoms with Crippen LogP contribution in [-0.2, 0) is 28.7 Å². The Kier molecular flexibility index (Phi) is 16.2. The van der Waals surface area contributed by atoms with E-state index in [0.29, 0.717) is 25.7 Å². The monoisotopic (exact) mass is 502 g/mol. The van der Waals surface area contributed by atoms with Crippen molar-refractivity contribution in [3.05, 3.63) is 60.8 Å². The molecule has 3 atom stereocenters. The van der Waals surface area contributed by atoms with Gasteiger partial charge in [-0.05, 0) is 45.1 Å². The largest absolute Gasteiger partial charge is 0.481 e. The first-order chi connectivity index (χ1) is 17.3. The number of esters is 2. The van der Waals surface area contributed by atoms with E-state index in [0.717, 1.165) is 19.3 Å². The van der Waals surface area contributed by atoms with Gasteiger partial charge in [0.15, 0.2) is 0 Å². The highest BCUT2D eigenvalue weighted by Gasteiger charge is 2.12. The smallest absolute Gasteiger partial charge is 0.331 e. The molecule has 0 aliphatic carbocycles. The molecule has 36 heavy (non-hydrogen) atoms. The zero-order valence-corrected chi connectivity index (χ0v) is 20.9. The Morgan fingerprint density at radius 2 is 1.72 bits per heavy atom. The van der Waals surface area contributed by atoms with Crippen LogP contribution in [0.1, 0.15) is 71.1 Å². The van der Waals surface area contributed by atoms with Crippen molar-refractivity contribution in [1.82, 2.24) is 0 Å². The van der Waals surface area contributed by atoms with Crippen LogP contribution in [0.15, 0.2) is 60.8 Å². The fourth-order valence-electron chi connectivity index (χ4n) is 3.28. The third kappa shape index (κ3) is 17.2. The fourth-order valence-corrected chi connectivity index (χ4v) is 3.28. The average molecular weight is 503 g/mol. The van der Waals surface area contributed by atoms with Crippen LogP contribution >= 0.6 is 0 Å². The Balaban J connectivity index is 2.83. The van der Waals surface area contributed by atoms with Crippen LogP contribution in [-0.4, -0.2) is 52.2 Å². The van der Waals surface area contributed by atoms with Gasteiger partial charge in [0.25, 0.3) is 0 Å². The number of hydrogen-bond acceptors (Lipinski definition) is 7. The molecule has 0 bridgehead atoms. The Morgan fingerprint density at radius 3 is 2.50 bits per heavy atom. The van der Waals surface area contributed by atoms with E-state index < -0.39 is 30.1 Å². The number of carboxylic acid groups (broad SMARTS) is 1. The number of allylic oxidation sites excluding steroid dienone is 6. The van der Waals surface area contributed by atoms with E-state index >= 15 is 0 Å². The quantitative estimate of drug-likeness (QED) is 0.424. The first kappa shape index (κ1) is 30.8. The molecule has 0 aromatic rings. The molecule has 1 heterocycles. The molecular formula is C28H38O8. The number of ketones is 1. The third-order valence-corrected chi connectivity index (χ3v) is 5.17. The van der Waals surface area contributed by atoms with Crippen LogP contribution in [0.5, 0.6) is 0 Å². The van der Waals surface area contributed by atoms with Crippen molar-refractivity contribution in [1.29, 1.82) is 0 Å². The van der Waals surface area contributed by atoms with Gasteiger partial charge in [-0.15, -0.1) is 0 Å². The highest BCUT2D eigenvalue weighted by molar-refractivity contribution is 5.82. The number of aliphatic carboxylic acids is 1. The normalized spacial score (nSPS) is 23.6. The number of carbonyl (C=O) groups excluding carboxylic acids is 3. The summed E-state index contributed by atoms with van der Waals surface area (Å²) >= 11 is 0. The van der Waals surface area contributed by atoms with Crippen LogP contribution in [0.3, 0.4) is 0 Å². The van der Waals surface area contributed by atoms with Gasteiger partial charge in [0.1, 0.15) is 11.9 Å². The summed E-state index contributed by atoms with van der Waals surface area (Å²) in [5.74, 6) is -2.16. The fraction of sp³-hybridized carbons (Fsp3) is 0.500. The number of cyclic esters (lactones) is 1. The zero-order valence-electron chi connectivity index (χ0n) is 20.9. The second-order valence-corrected chi connectivity index (χ2v) is 8.58. The molecule has 0 saturated heterocycles. The number of aliphatic hydroxyl groups excluding tert-OH is 1. The molecule has 8 heteroatoms. The lowest BCUT2D eigenvalue weighted by molar-refractivity contribution is -0.150. The Hall–Kier alpha value is -3.26. The maximum Gasteiger partial charge on any atom is 0.331 e. The van der Waals surface area contributed by atoms with Crippen LogP contribution in [0, 0.1) is 0 Å². The third-order valence-electron chi connectivity index (χ3n) is 5.17. The molecule has 0 unspecified atom stereocenters. The van der Waals surface area contributed by atoms with Crippen LogP contribution in [0.2, 0.25) is 0 Å². The summed E-state index contributed by atoms with van der Waals surface area (Å²) in [5.41, 5.74) is 0. The first-order valence-electron chi connectivity index (χ1n) is 12.4. The van der Waals surface area contributed by atoms with Gasteiger partial charge in [-0.25, -0.2) is 4.79 Å². The van der Waals surface area contributed by atoms with Gasteiger partial charge in [0.05, 0.1) is 25.0 Å². The zero-order chi connectivity index (χ0) is 26.6. The van der Waals surface area contributed by atoms with E-state index in [1.807, 2.05) is 19.1 Å². The number of Topliss-reactive ketones (excluding diaryl/α,β-unsaturated/α-hetero) is 1. The number of hydrogen-bond donors (Lipinski definition) is 2. The molecule has 0 amide bonds. The SMILES string of the molecule is C[C@@H]1CCCC=CCCC(=O)C[C@@H](O)CC=CC=C[C@@H](OC(=O)CCC(=O)O)CC=CC=CC(=O)O1. The lowest BCUT2D eigenvalue weighted by Crippen LogP contribution is -2.16. The average Bonchev–Trinajstić information content (AvgIpc) is 2.80. The molecule has 1 aliphatic heterocycles. The molecular weight excluding hydrogens is 464 g/mol. The number of aliphatic hydroxyl groups is 1. The maximum atomic E-state index is 12.0. The highest BCUT2D eigenvalue weighted by Crippen LogP contribution is 2.10. The summed E-state index contributed by atoms with van der Waals surface area (Å²) in [5, 5.41) is 18.8. The number of ether oxygens (including phenoxy) is 2. The van der Waals surface area contributed by atoms with Crippen LogP contribution in [0.4, 0.5) is 0 Å². The van der Waals surface area contributed by atoms with Gasteiger partial charge in [0.2, 0.25) is 0 Å². The number of carboxylic acids is 1. The minimum Gasteiger partial charge on any atom is -0.481 e. The van der Waals surface area contributed by atoms with Gasteiger partial charge in [-0.2, -0.15) is 0 Å². The number of rotatable bonds is 4. The molecule has 0 radical (unpaired) electrons. The standard InChI is InChI=1S/C28H38O8/c1-22-13-7-3-2-4-8-14-23(29)21-24(30)15-9-5-10-16-25(36-28(34)20-19-26(31)32)17-11-6-12-18-27(33)35-22/h2,4-6,9-12,16,18,22,24-25,30H,3,7-8,13-15,17,19-21H2,1H3,(H,31,32)/t22-,24+,25-/m1/s1. The summed E-state index contributed by atoms with van der Waals surface area (Å²) in [4.78, 5) is 46.6. The van der Waals surface area contributed by atoms with Crippen molar-refractivity contribution in [2.45, 2.75) is 89.4 Å². The van der Waals surface area contributed by atoms with Crippen molar-refractivity contribution < 1.29 is 38.9 Å². The van der Waals surface area contributed by atoms with Gasteiger partial charge >= 0.3 is 17.9 Å². The lowest BCUT2D eigenvalue weighted by atomic mass is 10.1. The van der Waals surface area contributed by atoms with Gasteiger partial charge in [0, 0.05) is 25.3 Å². The molecule has 0 spiro atoms. The van der Waals surface area contributed by atoms with Crippen LogP contribution in [0.25, 0.3) is 0 Å². The van der Waals surface area contributed by atoms with Gasteiger partial charge in [-0.3, -0.25) is 14.4 Å². The minimum atomic E-state index is -1.08.